The first-order valence-electron chi connectivity index (χ1n) is 8.62. The number of morpholine rings is 1. The summed E-state index contributed by atoms with van der Waals surface area (Å²) in [6, 6.07) is 0.0194. The zero-order valence-corrected chi connectivity index (χ0v) is 14.7. The van der Waals surface area contributed by atoms with Crippen LogP contribution in [0.3, 0.4) is 0 Å². The van der Waals surface area contributed by atoms with Gasteiger partial charge in [0.05, 0.1) is 19.3 Å². The Morgan fingerprint density at radius 1 is 1.26 bits per heavy atom. The molecule has 2 rings (SSSR count). The minimum absolute atomic E-state index is 0.00796. The van der Waals surface area contributed by atoms with Crippen LogP contribution >= 0.6 is 0 Å². The molecule has 1 amide bonds. The maximum atomic E-state index is 12.2. The van der Waals surface area contributed by atoms with Gasteiger partial charge in [-0.3, -0.25) is 14.6 Å². The van der Waals surface area contributed by atoms with E-state index in [1.165, 1.54) is 0 Å². The van der Waals surface area contributed by atoms with Crippen molar-refractivity contribution in [2.75, 3.05) is 66.1 Å². The Morgan fingerprint density at radius 3 is 2.57 bits per heavy atom. The van der Waals surface area contributed by atoms with Crippen molar-refractivity contribution < 1.29 is 14.3 Å². The van der Waals surface area contributed by atoms with E-state index in [9.17, 15) is 4.79 Å². The number of rotatable bonds is 6. The third-order valence-corrected chi connectivity index (χ3v) is 4.71. The van der Waals surface area contributed by atoms with E-state index in [0.717, 1.165) is 52.4 Å². The van der Waals surface area contributed by atoms with Crippen molar-refractivity contribution in [1.82, 2.24) is 14.7 Å². The molecule has 2 unspecified atom stereocenters. The van der Waals surface area contributed by atoms with Crippen molar-refractivity contribution in [2.45, 2.75) is 32.0 Å². The number of piperazine rings is 1. The summed E-state index contributed by atoms with van der Waals surface area (Å²) in [5.74, 6) is -0.00796. The molecule has 0 aromatic heterocycles. The first-order valence-corrected chi connectivity index (χ1v) is 8.62. The minimum atomic E-state index is -0.548. The predicted octanol–water partition coefficient (Wildman–Crippen LogP) is -0.786. The van der Waals surface area contributed by atoms with Gasteiger partial charge < -0.3 is 20.1 Å². The molecule has 2 atom stereocenters. The Balaban J connectivity index is 1.73. The number of methoxy groups -OCH3 is 1. The topological polar surface area (TPSA) is 71.3 Å². The molecular formula is C16H32N4O3. The number of nitrogens with two attached hydrogens (primary N) is 1. The van der Waals surface area contributed by atoms with E-state index in [2.05, 4.69) is 23.6 Å². The maximum Gasteiger partial charge on any atom is 0.241 e. The molecule has 0 aromatic carbocycles. The van der Waals surface area contributed by atoms with Crippen LogP contribution in [0.15, 0.2) is 0 Å². The monoisotopic (exact) mass is 328 g/mol. The van der Waals surface area contributed by atoms with E-state index in [4.69, 9.17) is 15.2 Å². The molecule has 2 saturated heterocycles. The molecule has 0 aromatic rings. The lowest BCUT2D eigenvalue weighted by molar-refractivity contribution is -0.136. The van der Waals surface area contributed by atoms with Gasteiger partial charge >= 0.3 is 0 Å². The summed E-state index contributed by atoms with van der Waals surface area (Å²) in [5.41, 5.74) is 5.83. The molecule has 0 radical (unpaired) electrons. The SMILES string of the molecule is COCC(N)C(=O)N1CCN(CC2CN(C(C)C)CCO2)CC1. The molecule has 2 heterocycles. The van der Waals surface area contributed by atoms with Gasteiger partial charge in [0, 0.05) is 59.0 Å². The molecule has 0 aliphatic carbocycles. The molecule has 0 bridgehead atoms. The minimum Gasteiger partial charge on any atom is -0.383 e. The Kier molecular flexibility index (Phi) is 7.23. The van der Waals surface area contributed by atoms with Crippen LogP contribution in [-0.2, 0) is 14.3 Å². The fourth-order valence-electron chi connectivity index (χ4n) is 3.25. The van der Waals surface area contributed by atoms with E-state index in [0.29, 0.717) is 6.04 Å². The first-order chi connectivity index (χ1) is 11.0. The van der Waals surface area contributed by atoms with Crippen molar-refractivity contribution in [3.8, 4) is 0 Å². The van der Waals surface area contributed by atoms with Gasteiger partial charge in [-0.15, -0.1) is 0 Å². The lowest BCUT2D eigenvalue weighted by atomic mass is 10.2. The molecule has 2 aliphatic rings. The Bertz CT molecular complexity index is 372. The zero-order chi connectivity index (χ0) is 16.8. The second-order valence-corrected chi connectivity index (χ2v) is 6.77. The molecule has 23 heavy (non-hydrogen) atoms. The summed E-state index contributed by atoms with van der Waals surface area (Å²) in [7, 11) is 1.57. The molecule has 134 valence electrons. The Labute approximate surface area is 139 Å². The Hall–Kier alpha value is -0.730. The van der Waals surface area contributed by atoms with E-state index < -0.39 is 6.04 Å². The average molecular weight is 328 g/mol. The number of carbonyl (C=O) groups excluding carboxylic acids is 1. The molecule has 0 saturated carbocycles. The number of ether oxygens (including phenoxy) is 2. The number of nitrogens with zero attached hydrogens (tertiary/aromatic N) is 3. The van der Waals surface area contributed by atoms with Crippen molar-refractivity contribution in [3.05, 3.63) is 0 Å². The van der Waals surface area contributed by atoms with Gasteiger partial charge in [-0.2, -0.15) is 0 Å². The van der Waals surface area contributed by atoms with Gasteiger partial charge in [0.25, 0.3) is 0 Å². The number of hydrogen-bond acceptors (Lipinski definition) is 6. The normalized spacial score (nSPS) is 25.8. The second-order valence-electron chi connectivity index (χ2n) is 6.77. The van der Waals surface area contributed by atoms with Gasteiger partial charge in [0.1, 0.15) is 6.04 Å². The average Bonchev–Trinajstić information content (AvgIpc) is 2.55. The summed E-state index contributed by atoms with van der Waals surface area (Å²) < 4.78 is 10.9. The van der Waals surface area contributed by atoms with Gasteiger partial charge in [-0.1, -0.05) is 0 Å². The van der Waals surface area contributed by atoms with Gasteiger partial charge in [-0.05, 0) is 13.8 Å². The van der Waals surface area contributed by atoms with E-state index in [-0.39, 0.29) is 18.6 Å². The van der Waals surface area contributed by atoms with E-state index in [1.54, 1.807) is 7.11 Å². The van der Waals surface area contributed by atoms with E-state index in [1.807, 2.05) is 4.90 Å². The standard InChI is InChI=1S/C16H32N4O3/c1-13(2)20-8-9-23-14(11-20)10-18-4-6-19(7-5-18)16(21)15(17)12-22-3/h13-15H,4-12,17H2,1-3H3. The highest BCUT2D eigenvalue weighted by Gasteiger charge is 2.28. The summed E-state index contributed by atoms with van der Waals surface area (Å²) in [5, 5.41) is 0. The maximum absolute atomic E-state index is 12.2. The third kappa shape index (κ3) is 5.39. The van der Waals surface area contributed by atoms with Crippen LogP contribution in [0.2, 0.25) is 0 Å². The van der Waals surface area contributed by atoms with Crippen LogP contribution in [0.25, 0.3) is 0 Å². The molecule has 7 nitrogen and oxygen atoms in total. The smallest absolute Gasteiger partial charge is 0.241 e. The van der Waals surface area contributed by atoms with Crippen LogP contribution in [0.4, 0.5) is 0 Å². The zero-order valence-electron chi connectivity index (χ0n) is 14.7. The quantitative estimate of drug-likeness (QED) is 0.689. The third-order valence-electron chi connectivity index (χ3n) is 4.71. The highest BCUT2D eigenvalue weighted by molar-refractivity contribution is 5.81. The lowest BCUT2D eigenvalue weighted by Gasteiger charge is -2.40. The van der Waals surface area contributed by atoms with Crippen LogP contribution in [0.1, 0.15) is 13.8 Å². The number of amides is 1. The molecule has 2 N–H and O–H groups in total. The Morgan fingerprint density at radius 2 is 1.96 bits per heavy atom. The molecule has 2 fully saturated rings. The first kappa shape index (κ1) is 18.6. The second kappa shape index (κ2) is 8.94. The number of hydrogen-bond donors (Lipinski definition) is 1. The van der Waals surface area contributed by atoms with Crippen LogP contribution in [-0.4, -0.2) is 105 Å². The predicted molar refractivity (Wildman–Crippen MR) is 89.3 cm³/mol. The van der Waals surface area contributed by atoms with Crippen LogP contribution < -0.4 is 5.73 Å². The highest BCUT2D eigenvalue weighted by Crippen LogP contribution is 2.12. The van der Waals surface area contributed by atoms with Gasteiger partial charge in [0.2, 0.25) is 5.91 Å². The van der Waals surface area contributed by atoms with Crippen LogP contribution in [0.5, 0.6) is 0 Å². The van der Waals surface area contributed by atoms with Gasteiger partial charge in [0.15, 0.2) is 0 Å². The van der Waals surface area contributed by atoms with Crippen molar-refractivity contribution >= 4 is 5.91 Å². The molecule has 2 aliphatic heterocycles. The largest absolute Gasteiger partial charge is 0.383 e. The number of carbonyl (C=O) groups is 1. The van der Waals surface area contributed by atoms with Crippen molar-refractivity contribution in [3.63, 3.8) is 0 Å². The van der Waals surface area contributed by atoms with Gasteiger partial charge in [-0.25, -0.2) is 0 Å². The van der Waals surface area contributed by atoms with E-state index >= 15 is 0 Å². The lowest BCUT2D eigenvalue weighted by Crippen LogP contribution is -2.56. The summed E-state index contributed by atoms with van der Waals surface area (Å²) in [4.78, 5) is 18.9. The van der Waals surface area contributed by atoms with Crippen LogP contribution in [0, 0.1) is 0 Å². The summed E-state index contributed by atoms with van der Waals surface area (Å²) >= 11 is 0. The molecular weight excluding hydrogens is 296 g/mol. The molecule has 0 spiro atoms. The summed E-state index contributed by atoms with van der Waals surface area (Å²) in [6.07, 6.45) is 0.268. The summed E-state index contributed by atoms with van der Waals surface area (Å²) in [6.45, 7) is 11.7. The fraction of sp³-hybridized carbons (Fsp3) is 0.938. The highest BCUT2D eigenvalue weighted by atomic mass is 16.5. The van der Waals surface area contributed by atoms with Crippen molar-refractivity contribution in [2.24, 2.45) is 5.73 Å². The van der Waals surface area contributed by atoms with Crippen molar-refractivity contribution in [1.29, 1.82) is 0 Å². The molecule has 7 heteroatoms. The fourth-order valence-corrected chi connectivity index (χ4v) is 3.25.